The molecule has 1 saturated heterocycles. The lowest BCUT2D eigenvalue weighted by Gasteiger charge is -2.31. The molecule has 1 unspecified atom stereocenters. The zero-order valence-electron chi connectivity index (χ0n) is 18.6. The molecule has 0 aliphatic carbocycles. The van der Waals surface area contributed by atoms with Gasteiger partial charge in [0.25, 0.3) is 5.91 Å². The molecule has 1 fully saturated rings. The second kappa shape index (κ2) is 11.5. The van der Waals surface area contributed by atoms with E-state index in [4.69, 9.17) is 18.9 Å². The number of carbonyl (C=O) groups is 1. The number of benzene rings is 2. The molecule has 7 heteroatoms. The van der Waals surface area contributed by atoms with Crippen molar-refractivity contribution in [2.24, 2.45) is 0 Å². The van der Waals surface area contributed by atoms with Gasteiger partial charge in [-0.3, -0.25) is 4.79 Å². The number of ether oxygens (including phenoxy) is 4. The molecular weight excluding hydrogens is 396 g/mol. The molecule has 1 heterocycles. The van der Waals surface area contributed by atoms with Gasteiger partial charge in [-0.1, -0.05) is 25.1 Å². The fraction of sp³-hybridized carbons (Fsp3) is 0.458. The fourth-order valence-corrected chi connectivity index (χ4v) is 3.44. The lowest BCUT2D eigenvalue weighted by Crippen LogP contribution is -2.36. The second-order valence-corrected chi connectivity index (χ2v) is 7.10. The van der Waals surface area contributed by atoms with E-state index in [1.165, 1.54) is 0 Å². The van der Waals surface area contributed by atoms with Crippen molar-refractivity contribution in [3.8, 4) is 17.2 Å². The molecule has 1 aliphatic heterocycles. The number of carbonyl (C=O) groups excluding carboxylic acids is 1. The van der Waals surface area contributed by atoms with Gasteiger partial charge in [0.2, 0.25) is 0 Å². The molecule has 168 valence electrons. The maximum Gasteiger partial charge on any atom is 0.265 e. The van der Waals surface area contributed by atoms with Crippen LogP contribution in [0.2, 0.25) is 0 Å². The molecular formula is C24H32N2O5. The normalized spacial score (nSPS) is 14.6. The molecule has 1 amide bonds. The second-order valence-electron chi connectivity index (χ2n) is 7.10. The van der Waals surface area contributed by atoms with Gasteiger partial charge in [0.05, 0.1) is 37.8 Å². The molecule has 31 heavy (non-hydrogen) atoms. The Balaban J connectivity index is 1.85. The van der Waals surface area contributed by atoms with E-state index in [2.05, 4.69) is 10.2 Å². The summed E-state index contributed by atoms with van der Waals surface area (Å²) in [5, 5.41) is 2.98. The zero-order chi connectivity index (χ0) is 22.1. The van der Waals surface area contributed by atoms with E-state index < -0.39 is 6.10 Å². The lowest BCUT2D eigenvalue weighted by molar-refractivity contribution is -0.122. The first-order valence-electron chi connectivity index (χ1n) is 10.9. The van der Waals surface area contributed by atoms with Gasteiger partial charge in [0, 0.05) is 25.2 Å². The number of nitrogens with zero attached hydrogens (tertiary/aromatic N) is 1. The monoisotopic (exact) mass is 428 g/mol. The average Bonchev–Trinajstić information content (AvgIpc) is 2.80. The first-order valence-corrected chi connectivity index (χ1v) is 10.9. The standard InChI is InChI=1S/C24H32N2O5/c1-4-21(31-18-10-8-7-9-11-18)24(27)25-19-16-23(30-6-3)20(17-22(19)29-5-2)26-12-14-28-15-13-26/h7-11,16-17,21H,4-6,12-15H2,1-3H3,(H,25,27). The number of nitrogens with one attached hydrogen (secondary N) is 1. The van der Waals surface area contributed by atoms with Crippen molar-refractivity contribution >= 4 is 17.3 Å². The largest absolute Gasteiger partial charge is 0.492 e. The van der Waals surface area contributed by atoms with Gasteiger partial charge < -0.3 is 29.2 Å². The summed E-state index contributed by atoms with van der Waals surface area (Å²) in [6, 6.07) is 13.1. The van der Waals surface area contributed by atoms with E-state index in [0.717, 1.165) is 18.8 Å². The molecule has 2 aromatic rings. The third-order valence-corrected chi connectivity index (χ3v) is 4.96. The number of hydrogen-bond donors (Lipinski definition) is 1. The van der Waals surface area contributed by atoms with Gasteiger partial charge in [0.1, 0.15) is 17.2 Å². The molecule has 2 aromatic carbocycles. The van der Waals surface area contributed by atoms with Gasteiger partial charge in [-0.25, -0.2) is 0 Å². The van der Waals surface area contributed by atoms with E-state index in [0.29, 0.717) is 55.8 Å². The summed E-state index contributed by atoms with van der Waals surface area (Å²) < 4.78 is 23.1. The van der Waals surface area contributed by atoms with E-state index in [1.807, 2.05) is 63.2 Å². The SMILES string of the molecule is CCOc1cc(N2CCOCC2)c(OCC)cc1NC(=O)C(CC)Oc1ccccc1. The molecule has 3 rings (SSSR count). The van der Waals surface area contributed by atoms with Crippen LogP contribution in [0.5, 0.6) is 17.2 Å². The number of anilines is 2. The molecule has 1 atom stereocenters. The minimum atomic E-state index is -0.619. The van der Waals surface area contributed by atoms with Crippen LogP contribution in [0.3, 0.4) is 0 Å². The highest BCUT2D eigenvalue weighted by atomic mass is 16.5. The summed E-state index contributed by atoms with van der Waals surface area (Å²) in [4.78, 5) is 15.2. The van der Waals surface area contributed by atoms with Crippen LogP contribution in [0.1, 0.15) is 27.2 Å². The molecule has 0 bridgehead atoms. The third kappa shape index (κ3) is 6.04. The van der Waals surface area contributed by atoms with Crippen molar-refractivity contribution in [3.05, 3.63) is 42.5 Å². The van der Waals surface area contributed by atoms with Gasteiger partial charge in [-0.05, 0) is 32.4 Å². The highest BCUT2D eigenvalue weighted by Crippen LogP contribution is 2.39. The maximum absolute atomic E-state index is 13.0. The summed E-state index contributed by atoms with van der Waals surface area (Å²) in [6.07, 6.45) is -0.0825. The van der Waals surface area contributed by atoms with Crippen LogP contribution in [-0.4, -0.2) is 51.5 Å². The Morgan fingerprint density at radius 3 is 2.35 bits per heavy atom. The first kappa shape index (κ1) is 22.7. The summed E-state index contributed by atoms with van der Waals surface area (Å²) in [6.45, 7) is 9.68. The summed E-state index contributed by atoms with van der Waals surface area (Å²) in [5.41, 5.74) is 1.52. The number of amides is 1. The summed E-state index contributed by atoms with van der Waals surface area (Å²) in [5.74, 6) is 1.75. The van der Waals surface area contributed by atoms with E-state index in [9.17, 15) is 4.79 Å². The molecule has 0 saturated carbocycles. The van der Waals surface area contributed by atoms with Crippen LogP contribution in [0, 0.1) is 0 Å². The van der Waals surface area contributed by atoms with E-state index in [-0.39, 0.29) is 5.91 Å². The Bertz CT molecular complexity index is 837. The van der Waals surface area contributed by atoms with Crippen molar-refractivity contribution in [3.63, 3.8) is 0 Å². The predicted octanol–water partition coefficient (Wildman–Crippen LogP) is 4.12. The molecule has 0 spiro atoms. The van der Waals surface area contributed by atoms with Gasteiger partial charge in [-0.15, -0.1) is 0 Å². The van der Waals surface area contributed by atoms with Crippen molar-refractivity contribution in [1.29, 1.82) is 0 Å². The number of rotatable bonds is 10. The minimum Gasteiger partial charge on any atom is -0.492 e. The number of para-hydroxylation sites is 1. The van der Waals surface area contributed by atoms with Crippen molar-refractivity contribution in [2.45, 2.75) is 33.3 Å². The summed E-state index contributed by atoms with van der Waals surface area (Å²) >= 11 is 0. The van der Waals surface area contributed by atoms with Crippen LogP contribution < -0.4 is 24.4 Å². The van der Waals surface area contributed by atoms with E-state index >= 15 is 0 Å². The van der Waals surface area contributed by atoms with Crippen LogP contribution in [0.25, 0.3) is 0 Å². The Kier molecular flexibility index (Phi) is 8.41. The Labute approximate surface area is 184 Å². The maximum atomic E-state index is 13.0. The highest BCUT2D eigenvalue weighted by Gasteiger charge is 2.23. The fourth-order valence-electron chi connectivity index (χ4n) is 3.44. The van der Waals surface area contributed by atoms with Gasteiger partial charge in [-0.2, -0.15) is 0 Å². The molecule has 1 aliphatic rings. The molecule has 7 nitrogen and oxygen atoms in total. The quantitative estimate of drug-likeness (QED) is 0.614. The van der Waals surface area contributed by atoms with Gasteiger partial charge >= 0.3 is 0 Å². The first-order chi connectivity index (χ1) is 15.2. The average molecular weight is 429 g/mol. The Morgan fingerprint density at radius 1 is 1.03 bits per heavy atom. The van der Waals surface area contributed by atoms with Crippen LogP contribution in [0.15, 0.2) is 42.5 Å². The van der Waals surface area contributed by atoms with Crippen LogP contribution in [0.4, 0.5) is 11.4 Å². The Morgan fingerprint density at radius 2 is 1.71 bits per heavy atom. The Hall–Kier alpha value is -2.93. The van der Waals surface area contributed by atoms with E-state index in [1.54, 1.807) is 0 Å². The smallest absolute Gasteiger partial charge is 0.265 e. The number of morpholine rings is 1. The predicted molar refractivity (Wildman–Crippen MR) is 122 cm³/mol. The molecule has 0 radical (unpaired) electrons. The molecule has 0 aromatic heterocycles. The topological polar surface area (TPSA) is 69.3 Å². The highest BCUT2D eigenvalue weighted by molar-refractivity contribution is 5.96. The van der Waals surface area contributed by atoms with Gasteiger partial charge in [0.15, 0.2) is 6.10 Å². The van der Waals surface area contributed by atoms with Crippen molar-refractivity contribution in [2.75, 3.05) is 49.7 Å². The van der Waals surface area contributed by atoms with Crippen LogP contribution in [-0.2, 0) is 9.53 Å². The van der Waals surface area contributed by atoms with Crippen molar-refractivity contribution in [1.82, 2.24) is 0 Å². The zero-order valence-corrected chi connectivity index (χ0v) is 18.6. The van der Waals surface area contributed by atoms with Crippen LogP contribution >= 0.6 is 0 Å². The molecule has 1 N–H and O–H groups in total. The number of hydrogen-bond acceptors (Lipinski definition) is 6. The van der Waals surface area contributed by atoms with Crippen molar-refractivity contribution < 1.29 is 23.7 Å². The minimum absolute atomic E-state index is 0.228. The lowest BCUT2D eigenvalue weighted by atomic mass is 10.2. The third-order valence-electron chi connectivity index (χ3n) is 4.96. The summed E-state index contributed by atoms with van der Waals surface area (Å²) in [7, 11) is 0.